The fourth-order valence-corrected chi connectivity index (χ4v) is 2.40. The summed E-state index contributed by atoms with van der Waals surface area (Å²) in [5.41, 5.74) is 3.26. The highest BCUT2D eigenvalue weighted by molar-refractivity contribution is 7.07. The Kier molecular flexibility index (Phi) is 3.99. The van der Waals surface area contributed by atoms with Crippen LogP contribution in [0.4, 0.5) is 0 Å². The van der Waals surface area contributed by atoms with Gasteiger partial charge in [-0.3, -0.25) is 0 Å². The largest absolute Gasteiger partial charge is 0.496 e. The predicted molar refractivity (Wildman–Crippen MR) is 68.8 cm³/mol. The van der Waals surface area contributed by atoms with Crippen molar-refractivity contribution < 1.29 is 9.84 Å². The topological polar surface area (TPSA) is 42.4 Å². The van der Waals surface area contributed by atoms with Crippen LogP contribution in [0.5, 0.6) is 5.75 Å². The smallest absolute Gasteiger partial charge is 0.122 e. The molecular weight excluding hydrogens is 258 g/mol. The number of aromatic nitrogens is 1. The maximum atomic E-state index is 10.0. The molecule has 0 radical (unpaired) electrons. The minimum absolute atomic E-state index is 0.438. The molecule has 0 spiro atoms. The number of nitrogens with zero attached hydrogens (tertiary/aromatic N) is 1. The van der Waals surface area contributed by atoms with Crippen molar-refractivity contribution in [3.8, 4) is 5.75 Å². The van der Waals surface area contributed by atoms with E-state index in [1.807, 2.05) is 5.38 Å². The average molecular weight is 270 g/mol. The average Bonchev–Trinajstić information content (AvgIpc) is 2.83. The Bertz CT molecular complexity index is 487. The summed E-state index contributed by atoms with van der Waals surface area (Å²) >= 11 is 7.39. The molecule has 0 saturated carbocycles. The monoisotopic (exact) mass is 269 g/mol. The first kappa shape index (κ1) is 12.4. The normalized spacial score (nSPS) is 12.4. The standard InChI is InChI=1S/C12H12ClNO2S/c1-16-12-3-2-9(13)4-8(12)5-11(15)10-6-17-7-14-10/h2-4,6-7,11,15H,5H2,1H3. The lowest BCUT2D eigenvalue weighted by molar-refractivity contribution is 0.173. The second-order valence-corrected chi connectivity index (χ2v) is 4.74. The van der Waals surface area contributed by atoms with Gasteiger partial charge in [-0.05, 0) is 23.8 Å². The van der Waals surface area contributed by atoms with Crippen molar-refractivity contribution in [3.63, 3.8) is 0 Å². The van der Waals surface area contributed by atoms with Gasteiger partial charge in [-0.1, -0.05) is 11.6 Å². The minimum Gasteiger partial charge on any atom is -0.496 e. The van der Waals surface area contributed by atoms with Crippen LogP contribution in [0.25, 0.3) is 0 Å². The summed E-state index contributed by atoms with van der Waals surface area (Å²) in [6.45, 7) is 0. The summed E-state index contributed by atoms with van der Waals surface area (Å²) in [5, 5.41) is 12.5. The quantitative estimate of drug-likeness (QED) is 0.928. The number of rotatable bonds is 4. The van der Waals surface area contributed by atoms with Gasteiger partial charge in [0.2, 0.25) is 0 Å². The number of ether oxygens (including phenoxy) is 1. The lowest BCUT2D eigenvalue weighted by Gasteiger charge is -2.12. The van der Waals surface area contributed by atoms with Gasteiger partial charge in [-0.2, -0.15) is 0 Å². The van der Waals surface area contributed by atoms with Crippen molar-refractivity contribution in [1.82, 2.24) is 4.98 Å². The van der Waals surface area contributed by atoms with Gasteiger partial charge < -0.3 is 9.84 Å². The summed E-state index contributed by atoms with van der Waals surface area (Å²) in [5.74, 6) is 0.726. The molecule has 0 saturated heterocycles. The van der Waals surface area contributed by atoms with E-state index in [0.717, 1.165) is 11.3 Å². The SMILES string of the molecule is COc1ccc(Cl)cc1CC(O)c1cscn1. The Balaban J connectivity index is 2.20. The van der Waals surface area contributed by atoms with Crippen LogP contribution >= 0.6 is 22.9 Å². The van der Waals surface area contributed by atoms with Crippen molar-refractivity contribution in [3.05, 3.63) is 45.4 Å². The van der Waals surface area contributed by atoms with Crippen molar-refractivity contribution in [1.29, 1.82) is 0 Å². The van der Waals surface area contributed by atoms with Crippen molar-refractivity contribution in [2.45, 2.75) is 12.5 Å². The molecule has 2 rings (SSSR count). The summed E-state index contributed by atoms with van der Waals surface area (Å²) < 4.78 is 5.23. The molecule has 0 aliphatic rings. The van der Waals surface area contributed by atoms with E-state index < -0.39 is 6.10 Å². The number of benzene rings is 1. The fourth-order valence-electron chi connectivity index (χ4n) is 1.61. The molecule has 0 amide bonds. The number of aliphatic hydroxyl groups excluding tert-OH is 1. The van der Waals surface area contributed by atoms with Crippen LogP contribution in [0, 0.1) is 0 Å². The second-order valence-electron chi connectivity index (χ2n) is 3.59. The second kappa shape index (κ2) is 5.49. The maximum Gasteiger partial charge on any atom is 0.122 e. The third-order valence-corrected chi connectivity index (χ3v) is 3.29. The van der Waals surface area contributed by atoms with E-state index >= 15 is 0 Å². The zero-order valence-corrected chi connectivity index (χ0v) is 10.8. The van der Waals surface area contributed by atoms with E-state index in [1.165, 1.54) is 11.3 Å². The van der Waals surface area contributed by atoms with Crippen LogP contribution in [0.15, 0.2) is 29.1 Å². The molecule has 1 aromatic carbocycles. The number of hydrogen-bond acceptors (Lipinski definition) is 4. The summed E-state index contributed by atoms with van der Waals surface area (Å²) in [7, 11) is 1.60. The minimum atomic E-state index is -0.631. The van der Waals surface area contributed by atoms with Crippen molar-refractivity contribution in [2.24, 2.45) is 0 Å². The Morgan fingerprint density at radius 2 is 2.35 bits per heavy atom. The van der Waals surface area contributed by atoms with Gasteiger partial charge in [0.1, 0.15) is 11.9 Å². The van der Waals surface area contributed by atoms with Gasteiger partial charge in [0, 0.05) is 16.8 Å². The van der Waals surface area contributed by atoms with Gasteiger partial charge in [-0.15, -0.1) is 11.3 Å². The van der Waals surface area contributed by atoms with Crippen LogP contribution in [-0.2, 0) is 6.42 Å². The molecule has 17 heavy (non-hydrogen) atoms. The first-order chi connectivity index (χ1) is 8.20. The van der Waals surface area contributed by atoms with E-state index in [1.54, 1.807) is 30.8 Å². The van der Waals surface area contributed by atoms with E-state index in [9.17, 15) is 5.11 Å². The Morgan fingerprint density at radius 3 is 3.00 bits per heavy atom. The molecule has 0 aliphatic heterocycles. The van der Waals surface area contributed by atoms with Gasteiger partial charge in [0.25, 0.3) is 0 Å². The van der Waals surface area contributed by atoms with Crippen LogP contribution < -0.4 is 4.74 Å². The van der Waals surface area contributed by atoms with E-state index in [2.05, 4.69) is 4.98 Å². The molecule has 2 aromatic rings. The molecule has 0 bridgehead atoms. The van der Waals surface area contributed by atoms with E-state index in [4.69, 9.17) is 16.3 Å². The Hall–Kier alpha value is -1.10. The van der Waals surface area contributed by atoms with Crippen LogP contribution in [-0.4, -0.2) is 17.2 Å². The summed E-state index contributed by atoms with van der Waals surface area (Å²) in [4.78, 5) is 4.08. The van der Waals surface area contributed by atoms with Gasteiger partial charge in [0.15, 0.2) is 0 Å². The highest BCUT2D eigenvalue weighted by atomic mass is 35.5. The molecule has 1 heterocycles. The summed E-state index contributed by atoms with van der Waals surface area (Å²) in [6, 6.07) is 5.36. The lowest BCUT2D eigenvalue weighted by Crippen LogP contribution is -2.03. The first-order valence-electron chi connectivity index (χ1n) is 5.09. The van der Waals surface area contributed by atoms with Gasteiger partial charge >= 0.3 is 0 Å². The van der Waals surface area contributed by atoms with E-state index in [0.29, 0.717) is 17.1 Å². The lowest BCUT2D eigenvalue weighted by atomic mass is 10.1. The van der Waals surface area contributed by atoms with Crippen LogP contribution in [0.2, 0.25) is 5.02 Å². The molecule has 1 atom stereocenters. The molecule has 1 N–H and O–H groups in total. The zero-order valence-electron chi connectivity index (χ0n) is 9.26. The molecule has 1 unspecified atom stereocenters. The molecule has 5 heteroatoms. The van der Waals surface area contributed by atoms with Gasteiger partial charge in [-0.25, -0.2) is 4.98 Å². The first-order valence-corrected chi connectivity index (χ1v) is 6.41. The Morgan fingerprint density at radius 1 is 1.53 bits per heavy atom. The third kappa shape index (κ3) is 2.97. The molecule has 3 nitrogen and oxygen atoms in total. The molecule has 1 aromatic heterocycles. The number of halogens is 1. The van der Waals surface area contributed by atoms with Crippen molar-refractivity contribution >= 4 is 22.9 Å². The van der Waals surface area contributed by atoms with Crippen LogP contribution in [0.3, 0.4) is 0 Å². The highest BCUT2D eigenvalue weighted by Crippen LogP contribution is 2.27. The predicted octanol–water partition coefficient (Wildman–Crippen LogP) is 3.08. The third-order valence-electron chi connectivity index (χ3n) is 2.45. The molecule has 0 aliphatic carbocycles. The number of hydrogen-bond donors (Lipinski definition) is 1. The number of thiazole rings is 1. The maximum absolute atomic E-state index is 10.0. The fraction of sp³-hybridized carbons (Fsp3) is 0.250. The highest BCUT2D eigenvalue weighted by Gasteiger charge is 2.13. The van der Waals surface area contributed by atoms with Crippen LogP contribution in [0.1, 0.15) is 17.4 Å². The zero-order chi connectivity index (χ0) is 12.3. The molecular formula is C12H12ClNO2S. The number of aliphatic hydroxyl groups is 1. The molecule has 90 valence electrons. The van der Waals surface area contributed by atoms with Crippen molar-refractivity contribution in [2.75, 3.05) is 7.11 Å². The number of methoxy groups -OCH3 is 1. The van der Waals surface area contributed by atoms with Gasteiger partial charge in [0.05, 0.1) is 18.3 Å². The van der Waals surface area contributed by atoms with E-state index in [-0.39, 0.29) is 0 Å². The Labute approximate surface area is 109 Å². The summed E-state index contributed by atoms with van der Waals surface area (Å²) in [6.07, 6.45) is -0.193. The molecule has 0 fully saturated rings.